The van der Waals surface area contributed by atoms with E-state index in [0.717, 1.165) is 9.14 Å². The summed E-state index contributed by atoms with van der Waals surface area (Å²) >= 11 is 2.12. The molecule has 3 aromatic rings. The normalized spacial score (nSPS) is 11.8. The average Bonchev–Trinajstić information content (AvgIpc) is 2.81. The minimum atomic E-state index is -0.582. The molecule has 0 spiro atoms. The first-order valence-corrected chi connectivity index (χ1v) is 10.5. The molecule has 6 heteroatoms. The van der Waals surface area contributed by atoms with Crippen molar-refractivity contribution in [3.8, 4) is 0 Å². The second kappa shape index (κ2) is 10.8. The molecule has 0 N–H and O–H groups in total. The molecule has 0 radical (unpaired) electrons. The van der Waals surface area contributed by atoms with Gasteiger partial charge in [-0.05, 0) is 52.4 Å². The van der Waals surface area contributed by atoms with E-state index >= 15 is 0 Å². The highest BCUT2D eigenvalue weighted by atomic mass is 127. The number of hydrogen-bond donors (Lipinski definition) is 0. The molecule has 0 heterocycles. The van der Waals surface area contributed by atoms with Crippen LogP contribution >= 0.6 is 22.6 Å². The van der Waals surface area contributed by atoms with E-state index in [4.69, 9.17) is 4.74 Å². The molecule has 3 rings (SSSR count). The zero-order chi connectivity index (χ0) is 22.2. The maximum atomic E-state index is 13.2. The number of carbonyl (C=O) groups excluding carboxylic acids is 2. The van der Waals surface area contributed by atoms with Crippen LogP contribution in [0.3, 0.4) is 0 Å². The SMILES string of the molecule is COC(=O)C(C/C=C(\I)c1ccc(F)cc1)=Nc1ccccc1C(=O)c1ccccc1. The van der Waals surface area contributed by atoms with Crippen molar-refractivity contribution in [3.63, 3.8) is 0 Å². The van der Waals surface area contributed by atoms with E-state index in [1.165, 1.54) is 19.2 Å². The van der Waals surface area contributed by atoms with Gasteiger partial charge in [0.05, 0.1) is 12.8 Å². The number of ether oxygens (including phenoxy) is 1. The molecule has 0 amide bonds. The van der Waals surface area contributed by atoms with Crippen molar-refractivity contribution >= 4 is 49.3 Å². The summed E-state index contributed by atoms with van der Waals surface area (Å²) < 4.78 is 18.9. The van der Waals surface area contributed by atoms with Gasteiger partial charge in [0.25, 0.3) is 0 Å². The van der Waals surface area contributed by atoms with Crippen molar-refractivity contribution in [2.45, 2.75) is 6.42 Å². The molecular formula is C25H19FINO3. The molecule has 4 nitrogen and oxygen atoms in total. The highest BCUT2D eigenvalue weighted by molar-refractivity contribution is 14.1. The Morgan fingerprint density at radius 2 is 1.58 bits per heavy atom. The number of hydrogen-bond acceptors (Lipinski definition) is 4. The Balaban J connectivity index is 1.94. The van der Waals surface area contributed by atoms with E-state index in [-0.39, 0.29) is 23.7 Å². The van der Waals surface area contributed by atoms with Gasteiger partial charge in [-0.25, -0.2) is 14.2 Å². The van der Waals surface area contributed by atoms with Crippen LogP contribution in [0.5, 0.6) is 0 Å². The van der Waals surface area contributed by atoms with Gasteiger partial charge >= 0.3 is 5.97 Å². The van der Waals surface area contributed by atoms with Crippen LogP contribution in [0.4, 0.5) is 10.1 Å². The first-order valence-electron chi connectivity index (χ1n) is 9.46. The fourth-order valence-electron chi connectivity index (χ4n) is 2.86. The van der Waals surface area contributed by atoms with E-state index < -0.39 is 5.97 Å². The van der Waals surface area contributed by atoms with Crippen LogP contribution in [0.15, 0.2) is 89.9 Å². The Labute approximate surface area is 193 Å². The van der Waals surface area contributed by atoms with Gasteiger partial charge in [0, 0.05) is 21.1 Å². The molecule has 0 fully saturated rings. The topological polar surface area (TPSA) is 55.7 Å². The van der Waals surface area contributed by atoms with Crippen LogP contribution in [0, 0.1) is 5.82 Å². The van der Waals surface area contributed by atoms with Crippen LogP contribution in [0.1, 0.15) is 27.9 Å². The number of esters is 1. The van der Waals surface area contributed by atoms with Gasteiger partial charge in [0.1, 0.15) is 11.5 Å². The van der Waals surface area contributed by atoms with Crippen molar-refractivity contribution in [3.05, 3.63) is 107 Å². The molecule has 0 aliphatic carbocycles. The van der Waals surface area contributed by atoms with Gasteiger partial charge in [-0.1, -0.05) is 60.7 Å². The number of para-hydroxylation sites is 1. The number of methoxy groups -OCH3 is 1. The van der Waals surface area contributed by atoms with Gasteiger partial charge in [0.15, 0.2) is 5.78 Å². The van der Waals surface area contributed by atoms with E-state index in [0.29, 0.717) is 16.8 Å². The summed E-state index contributed by atoms with van der Waals surface area (Å²) in [4.78, 5) is 29.7. The number of benzene rings is 3. The van der Waals surface area contributed by atoms with Crippen molar-refractivity contribution < 1.29 is 18.7 Å². The summed E-state index contributed by atoms with van der Waals surface area (Å²) in [7, 11) is 1.29. The van der Waals surface area contributed by atoms with Crippen molar-refractivity contribution in [1.29, 1.82) is 0 Å². The Bertz CT molecular complexity index is 1140. The number of carbonyl (C=O) groups is 2. The van der Waals surface area contributed by atoms with Gasteiger partial charge in [-0.15, -0.1) is 0 Å². The Morgan fingerprint density at radius 1 is 0.935 bits per heavy atom. The lowest BCUT2D eigenvalue weighted by Gasteiger charge is -2.08. The monoisotopic (exact) mass is 527 g/mol. The Hall–Kier alpha value is -3.13. The molecule has 156 valence electrons. The first-order chi connectivity index (χ1) is 15.0. The highest BCUT2D eigenvalue weighted by Crippen LogP contribution is 2.25. The zero-order valence-electron chi connectivity index (χ0n) is 16.7. The molecule has 0 atom stereocenters. The second-order valence-electron chi connectivity index (χ2n) is 6.53. The largest absolute Gasteiger partial charge is 0.465 e. The number of halogens is 2. The van der Waals surface area contributed by atoms with Crippen LogP contribution < -0.4 is 0 Å². The third-order valence-electron chi connectivity index (χ3n) is 4.46. The van der Waals surface area contributed by atoms with Crippen LogP contribution in [0.25, 0.3) is 3.58 Å². The third kappa shape index (κ3) is 5.95. The summed E-state index contributed by atoms with van der Waals surface area (Å²) in [6.07, 6.45) is 2.00. The lowest BCUT2D eigenvalue weighted by atomic mass is 10.0. The fraction of sp³-hybridized carbons (Fsp3) is 0.0800. The first kappa shape index (κ1) is 22.6. The number of aliphatic imine (C=N–C) groups is 1. The predicted octanol–water partition coefficient (Wildman–Crippen LogP) is 6.17. The van der Waals surface area contributed by atoms with E-state index in [1.807, 2.05) is 12.1 Å². The summed E-state index contributed by atoms with van der Waals surface area (Å²) in [5, 5.41) is 0. The third-order valence-corrected chi connectivity index (χ3v) is 5.52. The molecule has 0 saturated heterocycles. The molecule has 0 saturated carbocycles. The van der Waals surface area contributed by atoms with Crippen molar-refractivity contribution in [1.82, 2.24) is 0 Å². The Kier molecular flexibility index (Phi) is 7.83. The van der Waals surface area contributed by atoms with Gasteiger partial charge in [-0.3, -0.25) is 4.79 Å². The number of allylic oxidation sites excluding steroid dienone is 1. The molecular weight excluding hydrogens is 508 g/mol. The standard InChI is InChI=1S/C25H19FINO3/c1-31-25(30)23(16-15-21(27)17-11-13-19(26)14-12-17)28-22-10-6-5-9-20(22)24(29)18-7-3-2-4-8-18/h2-15H,16H2,1H3/b21-15-,28-23?. The van der Waals surface area contributed by atoms with E-state index in [1.54, 1.807) is 60.7 Å². The number of rotatable bonds is 7. The van der Waals surface area contributed by atoms with Crippen molar-refractivity contribution in [2.24, 2.45) is 4.99 Å². The molecule has 31 heavy (non-hydrogen) atoms. The number of nitrogens with zero attached hydrogens (tertiary/aromatic N) is 1. The summed E-state index contributed by atoms with van der Waals surface area (Å²) in [5.74, 6) is -1.08. The molecule has 0 aliphatic rings. The van der Waals surface area contributed by atoms with Crippen molar-refractivity contribution in [2.75, 3.05) is 7.11 Å². The quantitative estimate of drug-likeness (QED) is 0.160. The van der Waals surface area contributed by atoms with Crippen LogP contribution in [-0.2, 0) is 9.53 Å². The lowest BCUT2D eigenvalue weighted by molar-refractivity contribution is -0.132. The zero-order valence-corrected chi connectivity index (χ0v) is 18.9. The molecule has 0 aromatic heterocycles. The minimum Gasteiger partial charge on any atom is -0.465 e. The van der Waals surface area contributed by atoms with Gasteiger partial charge in [0.2, 0.25) is 0 Å². The summed E-state index contributed by atoms with van der Waals surface area (Å²) in [6, 6.07) is 21.9. The Morgan fingerprint density at radius 3 is 2.26 bits per heavy atom. The minimum absolute atomic E-state index is 0.159. The predicted molar refractivity (Wildman–Crippen MR) is 128 cm³/mol. The smallest absolute Gasteiger partial charge is 0.352 e. The average molecular weight is 527 g/mol. The molecule has 0 aliphatic heterocycles. The molecule has 0 unspecified atom stereocenters. The summed E-state index contributed by atoms with van der Waals surface area (Å²) in [5.41, 5.74) is 2.31. The highest BCUT2D eigenvalue weighted by Gasteiger charge is 2.16. The maximum Gasteiger partial charge on any atom is 0.352 e. The van der Waals surface area contributed by atoms with Crippen LogP contribution in [0.2, 0.25) is 0 Å². The number of ketones is 1. The summed E-state index contributed by atoms with van der Waals surface area (Å²) in [6.45, 7) is 0. The molecule has 0 bridgehead atoms. The fourth-order valence-corrected chi connectivity index (χ4v) is 3.44. The maximum absolute atomic E-state index is 13.2. The van der Waals surface area contributed by atoms with Gasteiger partial charge in [-0.2, -0.15) is 0 Å². The lowest BCUT2D eigenvalue weighted by Crippen LogP contribution is -2.15. The van der Waals surface area contributed by atoms with E-state index in [2.05, 4.69) is 27.6 Å². The van der Waals surface area contributed by atoms with Gasteiger partial charge < -0.3 is 4.74 Å². The van der Waals surface area contributed by atoms with E-state index in [9.17, 15) is 14.0 Å². The molecule has 3 aromatic carbocycles. The van der Waals surface area contributed by atoms with Crippen LogP contribution in [-0.4, -0.2) is 24.6 Å². The second-order valence-corrected chi connectivity index (χ2v) is 7.69.